The van der Waals surface area contributed by atoms with Crippen molar-refractivity contribution in [1.29, 1.82) is 0 Å². The van der Waals surface area contributed by atoms with Crippen molar-refractivity contribution in [1.82, 2.24) is 4.90 Å². The van der Waals surface area contributed by atoms with Gasteiger partial charge in [0.25, 0.3) is 0 Å². The van der Waals surface area contributed by atoms with Crippen LogP contribution in [-0.2, 0) is 9.59 Å². The minimum Gasteiger partial charge on any atom is -0.493 e. The molecule has 3 rings (SSSR count). The largest absolute Gasteiger partial charge is 0.493 e. The molecule has 0 bridgehead atoms. The van der Waals surface area contributed by atoms with E-state index in [2.05, 4.69) is 29.4 Å². The lowest BCUT2D eigenvalue weighted by atomic mass is 10.1. The van der Waals surface area contributed by atoms with Crippen LogP contribution in [0.4, 0.5) is 11.4 Å². The van der Waals surface area contributed by atoms with Gasteiger partial charge < -0.3 is 15.4 Å². The van der Waals surface area contributed by atoms with Crippen LogP contribution in [0.15, 0.2) is 42.5 Å². The molecule has 0 radical (unpaired) electrons. The normalized spacial score (nSPS) is 13.3. The molecule has 1 aliphatic carbocycles. The quantitative estimate of drug-likeness (QED) is 0.531. The highest BCUT2D eigenvalue weighted by Crippen LogP contribution is 2.27. The topological polar surface area (TPSA) is 70.7 Å². The van der Waals surface area contributed by atoms with E-state index >= 15 is 0 Å². The summed E-state index contributed by atoms with van der Waals surface area (Å²) in [5.74, 6) is 1.17. The van der Waals surface area contributed by atoms with E-state index < -0.39 is 0 Å². The molecule has 1 saturated carbocycles. The van der Waals surface area contributed by atoms with Crippen molar-refractivity contribution in [2.45, 2.75) is 53.0 Å². The molecule has 0 saturated heterocycles. The van der Waals surface area contributed by atoms with Gasteiger partial charge in [-0.1, -0.05) is 26.0 Å². The van der Waals surface area contributed by atoms with E-state index in [0.29, 0.717) is 38.1 Å². The number of amides is 2. The molecule has 0 heterocycles. The van der Waals surface area contributed by atoms with Crippen molar-refractivity contribution >= 4 is 23.2 Å². The number of benzene rings is 2. The van der Waals surface area contributed by atoms with Crippen LogP contribution in [-0.4, -0.2) is 42.5 Å². The molecule has 6 heteroatoms. The first-order valence-electron chi connectivity index (χ1n) is 11.4. The van der Waals surface area contributed by atoms with Gasteiger partial charge in [-0.2, -0.15) is 0 Å². The first-order valence-corrected chi connectivity index (χ1v) is 11.4. The molecule has 6 nitrogen and oxygen atoms in total. The van der Waals surface area contributed by atoms with Gasteiger partial charge in [-0.15, -0.1) is 0 Å². The molecule has 0 aliphatic heterocycles. The zero-order chi connectivity index (χ0) is 23.1. The average molecular weight is 438 g/mol. The van der Waals surface area contributed by atoms with Crippen LogP contribution in [0, 0.1) is 19.8 Å². The number of carbonyl (C=O) groups is 2. The molecule has 0 aromatic heterocycles. The fraction of sp³-hybridized carbons (Fsp3) is 0.462. The zero-order valence-electron chi connectivity index (χ0n) is 19.6. The third kappa shape index (κ3) is 7.68. The van der Waals surface area contributed by atoms with Gasteiger partial charge in [0.1, 0.15) is 5.75 Å². The monoisotopic (exact) mass is 437 g/mol. The Bertz CT molecular complexity index is 920. The fourth-order valence-electron chi connectivity index (χ4n) is 3.44. The summed E-state index contributed by atoms with van der Waals surface area (Å²) in [7, 11) is 0. The minimum atomic E-state index is -0.0542. The Morgan fingerprint density at radius 1 is 1.03 bits per heavy atom. The predicted octanol–water partition coefficient (Wildman–Crippen LogP) is 4.77. The first kappa shape index (κ1) is 23.8. The van der Waals surface area contributed by atoms with Gasteiger partial charge in [0, 0.05) is 30.4 Å². The van der Waals surface area contributed by atoms with E-state index in [-0.39, 0.29) is 11.8 Å². The average Bonchev–Trinajstić information content (AvgIpc) is 3.58. The van der Waals surface area contributed by atoms with Crippen LogP contribution in [0.3, 0.4) is 0 Å². The highest BCUT2D eigenvalue weighted by Gasteiger charge is 2.30. The number of anilines is 2. The lowest BCUT2D eigenvalue weighted by Crippen LogP contribution is -2.37. The Labute approximate surface area is 191 Å². The number of carbonyl (C=O) groups excluding carboxylic acids is 2. The van der Waals surface area contributed by atoms with Gasteiger partial charge in [0.2, 0.25) is 11.8 Å². The van der Waals surface area contributed by atoms with Crippen molar-refractivity contribution in [3.8, 4) is 5.75 Å². The number of hydrogen-bond donors (Lipinski definition) is 2. The molecule has 32 heavy (non-hydrogen) atoms. The Morgan fingerprint density at radius 2 is 1.75 bits per heavy atom. The third-order valence-corrected chi connectivity index (χ3v) is 5.42. The second kappa shape index (κ2) is 11.1. The van der Waals surface area contributed by atoms with Gasteiger partial charge in [-0.05, 0) is 74.1 Å². The number of rotatable bonds is 11. The van der Waals surface area contributed by atoms with E-state index in [1.165, 1.54) is 0 Å². The number of ether oxygens (including phenoxy) is 1. The van der Waals surface area contributed by atoms with E-state index in [1.54, 1.807) is 0 Å². The standard InChI is InChI=1S/C26H35N3O3/c1-18(2)17-32-23-11-7-21(8-12-23)27-25(30)13-14-29(22-9-10-22)16-26(31)28-24-15-19(3)5-6-20(24)4/h5-8,11-12,15,18,22H,9-10,13-14,16-17H2,1-4H3,(H,27,30)(H,28,31). The summed E-state index contributed by atoms with van der Waals surface area (Å²) in [6, 6.07) is 13.9. The van der Waals surface area contributed by atoms with Crippen LogP contribution in [0.2, 0.25) is 0 Å². The smallest absolute Gasteiger partial charge is 0.238 e. The Hall–Kier alpha value is -2.86. The summed E-state index contributed by atoms with van der Waals surface area (Å²) < 4.78 is 5.68. The van der Waals surface area contributed by atoms with Gasteiger partial charge in [-0.25, -0.2) is 0 Å². The molecule has 2 aromatic rings. The molecule has 2 amide bonds. The van der Waals surface area contributed by atoms with Crippen LogP contribution >= 0.6 is 0 Å². The zero-order valence-corrected chi connectivity index (χ0v) is 19.6. The highest BCUT2D eigenvalue weighted by molar-refractivity contribution is 5.93. The number of hydrogen-bond acceptors (Lipinski definition) is 4. The van der Waals surface area contributed by atoms with Gasteiger partial charge >= 0.3 is 0 Å². The van der Waals surface area contributed by atoms with Crippen LogP contribution in [0.25, 0.3) is 0 Å². The molecule has 0 atom stereocenters. The Kier molecular flexibility index (Phi) is 8.28. The predicted molar refractivity (Wildman–Crippen MR) is 129 cm³/mol. The summed E-state index contributed by atoms with van der Waals surface area (Å²) in [6.07, 6.45) is 2.51. The summed E-state index contributed by atoms with van der Waals surface area (Å²) in [4.78, 5) is 27.2. The Morgan fingerprint density at radius 3 is 2.41 bits per heavy atom. The van der Waals surface area contributed by atoms with Crippen molar-refractivity contribution in [3.63, 3.8) is 0 Å². The molecular formula is C26H35N3O3. The lowest BCUT2D eigenvalue weighted by molar-refractivity contribution is -0.119. The van der Waals surface area contributed by atoms with E-state index in [1.807, 2.05) is 56.3 Å². The SMILES string of the molecule is Cc1ccc(C)c(NC(=O)CN(CCC(=O)Nc2ccc(OCC(C)C)cc2)C2CC2)c1. The second-order valence-electron chi connectivity index (χ2n) is 9.10. The van der Waals surface area contributed by atoms with E-state index in [9.17, 15) is 9.59 Å². The summed E-state index contributed by atoms with van der Waals surface area (Å²) in [5, 5.41) is 5.95. The summed E-state index contributed by atoms with van der Waals surface area (Å²) in [6.45, 7) is 9.73. The maximum Gasteiger partial charge on any atom is 0.238 e. The van der Waals surface area contributed by atoms with E-state index in [0.717, 1.165) is 41.1 Å². The molecule has 0 unspecified atom stereocenters. The van der Waals surface area contributed by atoms with Gasteiger partial charge in [0.15, 0.2) is 0 Å². The number of nitrogens with zero attached hydrogens (tertiary/aromatic N) is 1. The van der Waals surface area contributed by atoms with Crippen molar-refractivity contribution in [2.75, 3.05) is 30.3 Å². The number of nitrogens with one attached hydrogen (secondary N) is 2. The molecule has 1 aliphatic rings. The maximum atomic E-state index is 12.6. The van der Waals surface area contributed by atoms with Gasteiger partial charge in [-0.3, -0.25) is 14.5 Å². The lowest BCUT2D eigenvalue weighted by Gasteiger charge is -2.21. The molecular weight excluding hydrogens is 402 g/mol. The molecule has 2 aromatic carbocycles. The fourth-order valence-corrected chi connectivity index (χ4v) is 3.44. The first-order chi connectivity index (χ1) is 15.3. The van der Waals surface area contributed by atoms with Gasteiger partial charge in [0.05, 0.1) is 13.2 Å². The Balaban J connectivity index is 1.46. The third-order valence-electron chi connectivity index (χ3n) is 5.42. The van der Waals surface area contributed by atoms with Crippen LogP contribution in [0.5, 0.6) is 5.75 Å². The minimum absolute atomic E-state index is 0.0389. The van der Waals surface area contributed by atoms with Crippen molar-refractivity contribution in [3.05, 3.63) is 53.6 Å². The van der Waals surface area contributed by atoms with Crippen LogP contribution in [0.1, 0.15) is 44.2 Å². The summed E-state index contributed by atoms with van der Waals surface area (Å²) >= 11 is 0. The maximum absolute atomic E-state index is 12.6. The number of aryl methyl sites for hydroxylation is 2. The van der Waals surface area contributed by atoms with Crippen LogP contribution < -0.4 is 15.4 Å². The van der Waals surface area contributed by atoms with E-state index in [4.69, 9.17) is 4.74 Å². The summed E-state index contributed by atoms with van der Waals surface area (Å²) in [5.41, 5.74) is 3.75. The molecule has 1 fully saturated rings. The molecule has 2 N–H and O–H groups in total. The molecule has 172 valence electrons. The van der Waals surface area contributed by atoms with Crippen molar-refractivity contribution < 1.29 is 14.3 Å². The van der Waals surface area contributed by atoms with Crippen molar-refractivity contribution in [2.24, 2.45) is 5.92 Å². The second-order valence-corrected chi connectivity index (χ2v) is 9.10. The highest BCUT2D eigenvalue weighted by atomic mass is 16.5. The molecule has 0 spiro atoms.